The zero-order valence-electron chi connectivity index (χ0n) is 6.32. The molecule has 0 radical (unpaired) electrons. The monoisotopic (exact) mass is 154 g/mol. The van der Waals surface area contributed by atoms with Crippen molar-refractivity contribution in [2.45, 2.75) is 13.0 Å². The second-order valence-corrected chi connectivity index (χ2v) is 1.91. The molecule has 1 atom stereocenters. The zero-order valence-corrected chi connectivity index (χ0v) is 6.32. The van der Waals surface area contributed by atoms with Crippen molar-refractivity contribution in [3.8, 4) is 0 Å². The van der Waals surface area contributed by atoms with Gasteiger partial charge in [0.15, 0.2) is 0 Å². The van der Waals surface area contributed by atoms with Gasteiger partial charge in [-0.15, -0.1) is 6.58 Å². The highest BCUT2D eigenvalue weighted by atomic mass is 16.2. The first-order valence-electron chi connectivity index (χ1n) is 3.15. The Morgan fingerprint density at radius 1 is 2.00 bits per heavy atom. The molecule has 0 bridgehead atoms. The van der Waals surface area contributed by atoms with Crippen molar-refractivity contribution < 1.29 is 4.79 Å². The molecular weight excluding hydrogens is 144 g/mol. The Morgan fingerprint density at radius 2 is 2.64 bits per heavy atom. The number of carbonyl (C=O) groups is 1. The van der Waals surface area contributed by atoms with E-state index in [1.54, 1.807) is 6.08 Å². The van der Waals surface area contributed by atoms with E-state index in [9.17, 15) is 4.79 Å². The maximum atomic E-state index is 10.9. The number of nitrogens with zero attached hydrogens (tertiary/aromatic N) is 3. The first kappa shape index (κ1) is 9.52. The number of amides is 1. The molecule has 0 aliphatic rings. The topological polar surface area (TPSA) is 77.9 Å². The molecule has 0 heterocycles. The second-order valence-electron chi connectivity index (χ2n) is 1.91. The van der Waals surface area contributed by atoms with Crippen LogP contribution >= 0.6 is 0 Å². The average molecular weight is 154 g/mol. The molecule has 1 N–H and O–H groups in total. The lowest BCUT2D eigenvalue weighted by Crippen LogP contribution is -2.31. The van der Waals surface area contributed by atoms with Crippen molar-refractivity contribution in [2.24, 2.45) is 5.11 Å². The smallest absolute Gasteiger partial charge is 0.228 e. The number of hydrogen-bond acceptors (Lipinski definition) is 2. The van der Waals surface area contributed by atoms with Gasteiger partial charge in [0.25, 0.3) is 0 Å². The van der Waals surface area contributed by atoms with E-state index in [2.05, 4.69) is 21.9 Å². The molecule has 0 saturated heterocycles. The number of nitrogens with one attached hydrogen (secondary N) is 1. The van der Waals surface area contributed by atoms with Crippen LogP contribution in [-0.2, 0) is 4.79 Å². The van der Waals surface area contributed by atoms with Crippen molar-refractivity contribution in [1.29, 1.82) is 0 Å². The minimum atomic E-state index is -0.653. The Bertz CT molecular complexity index is 195. The molecule has 0 rings (SSSR count). The summed E-state index contributed by atoms with van der Waals surface area (Å²) in [7, 11) is 0. The van der Waals surface area contributed by atoms with Crippen LogP contribution in [0.4, 0.5) is 0 Å². The van der Waals surface area contributed by atoms with E-state index >= 15 is 0 Å². The van der Waals surface area contributed by atoms with Gasteiger partial charge < -0.3 is 5.32 Å². The van der Waals surface area contributed by atoms with Gasteiger partial charge in [0.2, 0.25) is 5.91 Å². The van der Waals surface area contributed by atoms with E-state index in [1.165, 1.54) is 6.92 Å². The van der Waals surface area contributed by atoms with Gasteiger partial charge in [0.05, 0.1) is 0 Å². The van der Waals surface area contributed by atoms with Crippen molar-refractivity contribution in [3.63, 3.8) is 0 Å². The summed E-state index contributed by atoms with van der Waals surface area (Å²) in [4.78, 5) is 13.4. The maximum absolute atomic E-state index is 10.9. The van der Waals surface area contributed by atoms with Gasteiger partial charge in [0, 0.05) is 11.5 Å². The lowest BCUT2D eigenvalue weighted by molar-refractivity contribution is -0.121. The second kappa shape index (κ2) is 5.32. The van der Waals surface area contributed by atoms with Crippen LogP contribution in [-0.4, -0.2) is 18.5 Å². The van der Waals surface area contributed by atoms with Crippen LogP contribution in [0.25, 0.3) is 10.4 Å². The lowest BCUT2D eigenvalue weighted by Gasteiger charge is -2.03. The fourth-order valence-corrected chi connectivity index (χ4v) is 0.450. The first-order chi connectivity index (χ1) is 5.22. The van der Waals surface area contributed by atoms with Crippen LogP contribution in [0, 0.1) is 0 Å². The summed E-state index contributed by atoms with van der Waals surface area (Å²) < 4.78 is 0. The zero-order chi connectivity index (χ0) is 8.69. The van der Waals surface area contributed by atoms with Gasteiger partial charge in [0.1, 0.15) is 6.04 Å². The van der Waals surface area contributed by atoms with Gasteiger partial charge >= 0.3 is 0 Å². The van der Waals surface area contributed by atoms with Gasteiger partial charge in [-0.3, -0.25) is 4.79 Å². The summed E-state index contributed by atoms with van der Waals surface area (Å²) in [6.07, 6.45) is 1.56. The highest BCUT2D eigenvalue weighted by Crippen LogP contribution is 1.88. The summed E-state index contributed by atoms with van der Waals surface area (Å²) in [5.41, 5.74) is 7.97. The highest BCUT2D eigenvalue weighted by Gasteiger charge is 2.07. The molecule has 5 nitrogen and oxygen atoms in total. The van der Waals surface area contributed by atoms with Gasteiger partial charge in [-0.2, -0.15) is 0 Å². The SMILES string of the molecule is C=CCNC(=O)C(C)N=[N+]=[N-]. The Balaban J connectivity index is 3.81. The van der Waals surface area contributed by atoms with Gasteiger partial charge in [-0.25, -0.2) is 0 Å². The molecular formula is C6H10N4O. The molecule has 0 fully saturated rings. The molecule has 0 aromatic rings. The van der Waals surface area contributed by atoms with Crippen molar-refractivity contribution in [3.05, 3.63) is 23.1 Å². The number of azide groups is 1. The first-order valence-corrected chi connectivity index (χ1v) is 3.15. The van der Waals surface area contributed by atoms with Crippen molar-refractivity contribution in [2.75, 3.05) is 6.54 Å². The average Bonchev–Trinajstić information content (AvgIpc) is 2.00. The number of rotatable bonds is 4. The summed E-state index contributed by atoms with van der Waals surface area (Å²) in [5, 5.41) is 5.71. The third-order valence-electron chi connectivity index (χ3n) is 1.02. The van der Waals surface area contributed by atoms with E-state index in [0.29, 0.717) is 6.54 Å². The van der Waals surface area contributed by atoms with Crippen LogP contribution in [0.2, 0.25) is 0 Å². The Morgan fingerprint density at radius 3 is 3.09 bits per heavy atom. The van der Waals surface area contributed by atoms with Crippen LogP contribution in [0.15, 0.2) is 17.8 Å². The Labute approximate surface area is 64.7 Å². The molecule has 0 aromatic carbocycles. The van der Waals surface area contributed by atoms with E-state index in [-0.39, 0.29) is 5.91 Å². The third-order valence-corrected chi connectivity index (χ3v) is 1.02. The fraction of sp³-hybridized carbons (Fsp3) is 0.500. The molecule has 60 valence electrons. The minimum absolute atomic E-state index is 0.289. The predicted molar refractivity (Wildman–Crippen MR) is 41.8 cm³/mol. The standard InChI is InChI=1S/C6H10N4O/c1-3-4-8-6(11)5(2)9-10-7/h3,5H,1,4H2,2H3,(H,8,11). The summed E-state index contributed by atoms with van der Waals surface area (Å²) in [6, 6.07) is -0.653. The summed E-state index contributed by atoms with van der Waals surface area (Å²) >= 11 is 0. The molecule has 0 aliphatic heterocycles. The van der Waals surface area contributed by atoms with Crippen LogP contribution in [0.5, 0.6) is 0 Å². The van der Waals surface area contributed by atoms with E-state index in [0.717, 1.165) is 0 Å². The molecule has 0 aromatic heterocycles. The molecule has 1 unspecified atom stereocenters. The summed E-state index contributed by atoms with van der Waals surface area (Å²) in [6.45, 7) is 5.34. The van der Waals surface area contributed by atoms with E-state index in [1.807, 2.05) is 0 Å². The van der Waals surface area contributed by atoms with Crippen molar-refractivity contribution >= 4 is 5.91 Å². The van der Waals surface area contributed by atoms with E-state index < -0.39 is 6.04 Å². The largest absolute Gasteiger partial charge is 0.352 e. The van der Waals surface area contributed by atoms with Crippen LogP contribution in [0.3, 0.4) is 0 Å². The van der Waals surface area contributed by atoms with E-state index in [4.69, 9.17) is 5.53 Å². The molecule has 0 spiro atoms. The minimum Gasteiger partial charge on any atom is -0.352 e. The maximum Gasteiger partial charge on any atom is 0.228 e. The molecule has 5 heteroatoms. The van der Waals surface area contributed by atoms with Crippen LogP contribution < -0.4 is 5.32 Å². The molecule has 11 heavy (non-hydrogen) atoms. The van der Waals surface area contributed by atoms with Crippen LogP contribution in [0.1, 0.15) is 6.92 Å². The quantitative estimate of drug-likeness (QED) is 0.278. The third kappa shape index (κ3) is 4.00. The fourth-order valence-electron chi connectivity index (χ4n) is 0.450. The highest BCUT2D eigenvalue weighted by molar-refractivity contribution is 5.81. The summed E-state index contributed by atoms with van der Waals surface area (Å²) in [5.74, 6) is -0.289. The van der Waals surface area contributed by atoms with Gasteiger partial charge in [-0.05, 0) is 12.5 Å². The predicted octanol–water partition coefficient (Wildman–Crippen LogP) is 0.987. The Hall–Kier alpha value is -1.48. The lowest BCUT2D eigenvalue weighted by atomic mass is 10.3. The number of hydrogen-bond donors (Lipinski definition) is 1. The Kier molecular flexibility index (Phi) is 4.60. The van der Waals surface area contributed by atoms with Crippen molar-refractivity contribution in [1.82, 2.24) is 5.32 Å². The number of carbonyl (C=O) groups excluding carboxylic acids is 1. The molecule has 0 saturated carbocycles. The van der Waals surface area contributed by atoms with Gasteiger partial charge in [-0.1, -0.05) is 11.2 Å². The molecule has 0 aliphatic carbocycles. The normalized spacial score (nSPS) is 11.0. The molecule has 1 amide bonds.